The van der Waals surface area contributed by atoms with Crippen molar-refractivity contribution in [1.82, 2.24) is 15.0 Å². The molecule has 0 aromatic carbocycles. The fraction of sp³-hybridized carbons (Fsp3) is 0.750. The van der Waals surface area contributed by atoms with Gasteiger partial charge >= 0.3 is 0 Å². The van der Waals surface area contributed by atoms with Crippen LogP contribution in [0.25, 0.3) is 0 Å². The van der Waals surface area contributed by atoms with Crippen LogP contribution in [-0.4, -0.2) is 59.4 Å². The van der Waals surface area contributed by atoms with Crippen molar-refractivity contribution in [1.29, 1.82) is 0 Å². The van der Waals surface area contributed by atoms with Gasteiger partial charge < -0.3 is 20.2 Å². The number of hydrogen-bond donors (Lipinski definition) is 2. The summed E-state index contributed by atoms with van der Waals surface area (Å²) in [7, 11) is 3.80. The van der Waals surface area contributed by atoms with Crippen LogP contribution in [-0.2, 0) is 0 Å². The molecule has 1 unspecified atom stereocenters. The largest absolute Gasteiger partial charge is 0.388 e. The SMILES string of the molecule is CCNc1nc(N(C)C)nc(N2CCC(C)(O)C2)n1. The van der Waals surface area contributed by atoms with Crippen molar-refractivity contribution in [3.05, 3.63) is 0 Å². The maximum atomic E-state index is 10.0. The highest BCUT2D eigenvalue weighted by Crippen LogP contribution is 2.25. The normalized spacial score (nSPS) is 22.7. The molecular weight excluding hydrogens is 244 g/mol. The van der Waals surface area contributed by atoms with Crippen LogP contribution in [0.5, 0.6) is 0 Å². The van der Waals surface area contributed by atoms with E-state index < -0.39 is 5.60 Å². The fourth-order valence-electron chi connectivity index (χ4n) is 2.05. The number of nitrogens with zero attached hydrogens (tertiary/aromatic N) is 5. The van der Waals surface area contributed by atoms with Crippen LogP contribution < -0.4 is 15.1 Å². The standard InChI is InChI=1S/C12H22N6O/c1-5-13-9-14-10(17(3)4)16-11(15-9)18-7-6-12(2,19)8-18/h19H,5-8H2,1-4H3,(H,13,14,15,16). The molecule has 2 rings (SSSR count). The van der Waals surface area contributed by atoms with E-state index in [1.54, 1.807) is 0 Å². The average molecular weight is 266 g/mol. The van der Waals surface area contributed by atoms with Crippen LogP contribution in [0.3, 0.4) is 0 Å². The molecule has 1 atom stereocenters. The van der Waals surface area contributed by atoms with E-state index in [-0.39, 0.29) is 0 Å². The second-order valence-corrected chi connectivity index (χ2v) is 5.35. The summed E-state index contributed by atoms with van der Waals surface area (Å²) in [6, 6.07) is 0. The van der Waals surface area contributed by atoms with Crippen molar-refractivity contribution in [3.8, 4) is 0 Å². The highest BCUT2D eigenvalue weighted by molar-refractivity contribution is 5.45. The smallest absolute Gasteiger partial charge is 0.232 e. The molecule has 2 N–H and O–H groups in total. The minimum absolute atomic E-state index is 0.551. The zero-order valence-corrected chi connectivity index (χ0v) is 12.0. The molecule has 0 spiro atoms. The fourth-order valence-corrected chi connectivity index (χ4v) is 2.05. The summed E-state index contributed by atoms with van der Waals surface area (Å²) < 4.78 is 0. The molecule has 0 amide bonds. The zero-order valence-electron chi connectivity index (χ0n) is 12.0. The number of anilines is 3. The van der Waals surface area contributed by atoms with Crippen LogP contribution in [0.1, 0.15) is 20.3 Å². The lowest BCUT2D eigenvalue weighted by molar-refractivity contribution is 0.0838. The Morgan fingerprint density at radius 2 is 2.11 bits per heavy atom. The summed E-state index contributed by atoms with van der Waals surface area (Å²) in [4.78, 5) is 17.0. The molecule has 0 bridgehead atoms. The lowest BCUT2D eigenvalue weighted by Crippen LogP contribution is -2.31. The average Bonchev–Trinajstić information content (AvgIpc) is 2.70. The topological polar surface area (TPSA) is 77.4 Å². The van der Waals surface area contributed by atoms with Crippen LogP contribution in [0.4, 0.5) is 17.8 Å². The van der Waals surface area contributed by atoms with Gasteiger partial charge in [-0.1, -0.05) is 0 Å². The Bertz CT molecular complexity index is 448. The first-order valence-corrected chi connectivity index (χ1v) is 6.56. The predicted molar refractivity (Wildman–Crippen MR) is 75.8 cm³/mol. The van der Waals surface area contributed by atoms with Gasteiger partial charge in [0.2, 0.25) is 17.8 Å². The molecule has 7 nitrogen and oxygen atoms in total. The lowest BCUT2D eigenvalue weighted by Gasteiger charge is -2.21. The minimum Gasteiger partial charge on any atom is -0.388 e. The van der Waals surface area contributed by atoms with Gasteiger partial charge in [-0.3, -0.25) is 0 Å². The summed E-state index contributed by atoms with van der Waals surface area (Å²) in [5.74, 6) is 1.81. The molecule has 1 aliphatic rings. The van der Waals surface area contributed by atoms with Crippen LogP contribution in [0.15, 0.2) is 0 Å². The van der Waals surface area contributed by atoms with Gasteiger partial charge in [-0.15, -0.1) is 0 Å². The van der Waals surface area contributed by atoms with Crippen molar-refractivity contribution >= 4 is 17.8 Å². The van der Waals surface area contributed by atoms with Gasteiger partial charge in [-0.2, -0.15) is 15.0 Å². The maximum Gasteiger partial charge on any atom is 0.232 e. The van der Waals surface area contributed by atoms with E-state index in [2.05, 4.69) is 20.3 Å². The van der Waals surface area contributed by atoms with Crippen LogP contribution in [0.2, 0.25) is 0 Å². The van der Waals surface area contributed by atoms with Crippen LogP contribution >= 0.6 is 0 Å². The predicted octanol–water partition coefficient (Wildman–Crippen LogP) is 0.330. The van der Waals surface area contributed by atoms with E-state index in [1.807, 2.05) is 37.7 Å². The van der Waals surface area contributed by atoms with E-state index in [9.17, 15) is 5.11 Å². The van der Waals surface area contributed by atoms with Gasteiger partial charge in [0.05, 0.1) is 5.60 Å². The number of hydrogen-bond acceptors (Lipinski definition) is 7. The molecule has 0 radical (unpaired) electrons. The highest BCUT2D eigenvalue weighted by atomic mass is 16.3. The monoisotopic (exact) mass is 266 g/mol. The van der Waals surface area contributed by atoms with Crippen molar-refractivity contribution < 1.29 is 5.11 Å². The Morgan fingerprint density at radius 1 is 1.37 bits per heavy atom. The van der Waals surface area contributed by atoms with Crippen molar-refractivity contribution in [3.63, 3.8) is 0 Å². The number of aromatic nitrogens is 3. The third-order valence-electron chi connectivity index (χ3n) is 3.08. The lowest BCUT2D eigenvalue weighted by atomic mass is 10.1. The second kappa shape index (κ2) is 5.16. The maximum absolute atomic E-state index is 10.0. The number of rotatable bonds is 4. The first kappa shape index (κ1) is 13.8. The Labute approximate surface area is 113 Å². The molecule has 0 aliphatic carbocycles. The summed E-state index contributed by atoms with van der Waals surface area (Å²) in [6.45, 7) is 5.91. The summed E-state index contributed by atoms with van der Waals surface area (Å²) in [5.41, 5.74) is -0.663. The zero-order chi connectivity index (χ0) is 14.0. The van der Waals surface area contributed by atoms with Gasteiger partial charge in [0.15, 0.2) is 0 Å². The van der Waals surface area contributed by atoms with Gasteiger partial charge in [0.25, 0.3) is 0 Å². The van der Waals surface area contributed by atoms with Crippen molar-refractivity contribution in [2.75, 3.05) is 48.8 Å². The first-order valence-electron chi connectivity index (χ1n) is 6.56. The minimum atomic E-state index is -0.663. The second-order valence-electron chi connectivity index (χ2n) is 5.35. The molecular formula is C12H22N6O. The molecule has 1 saturated heterocycles. The Kier molecular flexibility index (Phi) is 3.75. The van der Waals surface area contributed by atoms with Crippen LogP contribution in [0, 0.1) is 0 Å². The molecule has 2 heterocycles. The molecule has 1 aromatic heterocycles. The third kappa shape index (κ3) is 3.23. The molecule has 0 saturated carbocycles. The highest BCUT2D eigenvalue weighted by Gasteiger charge is 2.33. The quantitative estimate of drug-likeness (QED) is 0.813. The van der Waals surface area contributed by atoms with Gasteiger partial charge in [0.1, 0.15) is 0 Å². The van der Waals surface area contributed by atoms with E-state index in [0.717, 1.165) is 19.5 Å². The number of aliphatic hydroxyl groups is 1. The van der Waals surface area contributed by atoms with Gasteiger partial charge in [0, 0.05) is 33.7 Å². The molecule has 1 aliphatic heterocycles. The molecule has 1 fully saturated rings. The molecule has 106 valence electrons. The van der Waals surface area contributed by atoms with Gasteiger partial charge in [-0.25, -0.2) is 0 Å². The molecule has 7 heteroatoms. The number of nitrogens with one attached hydrogen (secondary N) is 1. The Morgan fingerprint density at radius 3 is 2.63 bits per heavy atom. The molecule has 19 heavy (non-hydrogen) atoms. The number of β-amino-alcohol motifs (C(OH)–C–C–N with tert-alkyl or cyclic N) is 1. The van der Waals surface area contributed by atoms with E-state index in [0.29, 0.717) is 24.4 Å². The van der Waals surface area contributed by atoms with Crippen molar-refractivity contribution in [2.24, 2.45) is 0 Å². The van der Waals surface area contributed by atoms with E-state index in [4.69, 9.17) is 0 Å². The van der Waals surface area contributed by atoms with Crippen molar-refractivity contribution in [2.45, 2.75) is 25.9 Å². The summed E-state index contributed by atoms with van der Waals surface area (Å²) in [6.07, 6.45) is 0.729. The Balaban J connectivity index is 2.29. The first-order chi connectivity index (χ1) is 8.91. The molecule has 1 aromatic rings. The van der Waals surface area contributed by atoms with Gasteiger partial charge in [-0.05, 0) is 20.3 Å². The third-order valence-corrected chi connectivity index (χ3v) is 3.08. The summed E-state index contributed by atoms with van der Waals surface area (Å²) >= 11 is 0. The van der Waals surface area contributed by atoms with E-state index in [1.165, 1.54) is 0 Å². The Hall–Kier alpha value is -1.63. The summed E-state index contributed by atoms with van der Waals surface area (Å²) in [5, 5.41) is 13.1. The van der Waals surface area contributed by atoms with E-state index >= 15 is 0 Å².